The van der Waals surface area contributed by atoms with Gasteiger partial charge < -0.3 is 15.0 Å². The van der Waals surface area contributed by atoms with Gasteiger partial charge in [0.2, 0.25) is 0 Å². The third-order valence-electron chi connectivity index (χ3n) is 3.61. The first-order valence-corrected chi connectivity index (χ1v) is 7.19. The van der Waals surface area contributed by atoms with E-state index in [1.54, 1.807) is 13.2 Å². The Morgan fingerprint density at radius 1 is 1.35 bits per heavy atom. The molecule has 0 aliphatic rings. The van der Waals surface area contributed by atoms with Crippen LogP contribution in [0, 0.1) is 11.7 Å². The van der Waals surface area contributed by atoms with Crippen molar-refractivity contribution >= 4 is 0 Å². The summed E-state index contributed by atoms with van der Waals surface area (Å²) in [4.78, 5) is 2.27. The molecule has 0 bridgehead atoms. The number of hydrogen-bond acceptors (Lipinski definition) is 3. The molecule has 1 aromatic carbocycles. The summed E-state index contributed by atoms with van der Waals surface area (Å²) in [6.07, 6.45) is 1.02. The van der Waals surface area contributed by atoms with Gasteiger partial charge in [-0.25, -0.2) is 4.39 Å². The van der Waals surface area contributed by atoms with Crippen LogP contribution in [-0.2, 0) is 4.74 Å². The van der Waals surface area contributed by atoms with Crippen LogP contribution in [0.1, 0.15) is 24.9 Å². The lowest BCUT2D eigenvalue weighted by Crippen LogP contribution is -2.34. The van der Waals surface area contributed by atoms with Crippen molar-refractivity contribution in [3.63, 3.8) is 0 Å². The number of hydrogen-bond donors (Lipinski definition) is 1. The Bertz CT molecular complexity index is 386. The highest BCUT2D eigenvalue weighted by Gasteiger charge is 2.21. The zero-order valence-corrected chi connectivity index (χ0v) is 13.0. The van der Waals surface area contributed by atoms with E-state index in [2.05, 4.69) is 24.2 Å². The maximum atomic E-state index is 13.9. The van der Waals surface area contributed by atoms with Crippen LogP contribution >= 0.6 is 0 Å². The topological polar surface area (TPSA) is 24.5 Å². The lowest BCUT2D eigenvalue weighted by atomic mass is 9.93. The highest BCUT2D eigenvalue weighted by molar-refractivity contribution is 5.21. The fraction of sp³-hybridized carbons (Fsp3) is 0.625. The Morgan fingerprint density at radius 3 is 2.65 bits per heavy atom. The van der Waals surface area contributed by atoms with Gasteiger partial charge in [0, 0.05) is 38.4 Å². The first-order chi connectivity index (χ1) is 9.60. The Kier molecular flexibility index (Phi) is 7.73. The van der Waals surface area contributed by atoms with E-state index in [4.69, 9.17) is 4.74 Å². The highest BCUT2D eigenvalue weighted by atomic mass is 19.1. The molecule has 0 aliphatic carbocycles. The van der Waals surface area contributed by atoms with Crippen LogP contribution in [0.2, 0.25) is 0 Å². The summed E-state index contributed by atoms with van der Waals surface area (Å²) >= 11 is 0. The third-order valence-corrected chi connectivity index (χ3v) is 3.61. The normalized spacial score (nSPS) is 14.5. The molecule has 0 saturated heterocycles. The summed E-state index contributed by atoms with van der Waals surface area (Å²) in [5, 5.41) is 3.24. The second kappa shape index (κ2) is 9.06. The van der Waals surface area contributed by atoms with Crippen molar-refractivity contribution in [3.05, 3.63) is 35.6 Å². The number of rotatable bonds is 9. The van der Waals surface area contributed by atoms with E-state index >= 15 is 0 Å². The van der Waals surface area contributed by atoms with Crippen LogP contribution in [-0.4, -0.2) is 45.8 Å². The molecule has 1 N–H and O–H groups in total. The maximum absolute atomic E-state index is 13.9. The van der Waals surface area contributed by atoms with Crippen LogP contribution in [0.15, 0.2) is 24.3 Å². The molecule has 0 radical (unpaired) electrons. The smallest absolute Gasteiger partial charge is 0.127 e. The average Bonchev–Trinajstić information content (AvgIpc) is 2.42. The summed E-state index contributed by atoms with van der Waals surface area (Å²) in [5.74, 6) is 0.185. The molecule has 0 fully saturated rings. The molecule has 1 aromatic rings. The maximum Gasteiger partial charge on any atom is 0.127 e. The van der Waals surface area contributed by atoms with Gasteiger partial charge in [0.25, 0.3) is 0 Å². The first-order valence-electron chi connectivity index (χ1n) is 7.19. The highest BCUT2D eigenvalue weighted by Crippen LogP contribution is 2.24. The molecule has 114 valence electrons. The molecule has 0 aliphatic heterocycles. The SMILES string of the molecule is CNC(c1ccccc1F)C(C)CN(C)CCCOC. The van der Waals surface area contributed by atoms with E-state index in [-0.39, 0.29) is 11.9 Å². The average molecular weight is 282 g/mol. The summed E-state index contributed by atoms with van der Waals surface area (Å²) in [6, 6.07) is 7.03. The number of benzene rings is 1. The van der Waals surface area contributed by atoms with E-state index in [0.717, 1.165) is 31.7 Å². The molecule has 20 heavy (non-hydrogen) atoms. The summed E-state index contributed by atoms with van der Waals surface area (Å²) in [5.41, 5.74) is 0.743. The molecule has 0 saturated carbocycles. The Balaban J connectivity index is 2.59. The van der Waals surface area contributed by atoms with Crippen molar-refractivity contribution < 1.29 is 9.13 Å². The largest absolute Gasteiger partial charge is 0.385 e. The fourth-order valence-electron chi connectivity index (χ4n) is 2.64. The molecule has 2 atom stereocenters. The van der Waals surface area contributed by atoms with Crippen LogP contribution in [0.25, 0.3) is 0 Å². The Labute approximate surface area is 122 Å². The van der Waals surface area contributed by atoms with Gasteiger partial charge in [-0.1, -0.05) is 25.1 Å². The zero-order chi connectivity index (χ0) is 15.0. The van der Waals surface area contributed by atoms with E-state index in [1.165, 1.54) is 6.07 Å². The standard InChI is InChI=1S/C16H27FN2O/c1-13(12-19(3)10-7-11-20-4)16(18-2)14-8-5-6-9-15(14)17/h5-6,8-9,13,16,18H,7,10-12H2,1-4H3. The van der Waals surface area contributed by atoms with Crippen molar-refractivity contribution in [1.82, 2.24) is 10.2 Å². The number of nitrogens with zero attached hydrogens (tertiary/aromatic N) is 1. The van der Waals surface area contributed by atoms with Gasteiger partial charge in [-0.2, -0.15) is 0 Å². The van der Waals surface area contributed by atoms with E-state index in [0.29, 0.717) is 5.92 Å². The predicted molar refractivity (Wildman–Crippen MR) is 81.4 cm³/mol. The van der Waals surface area contributed by atoms with E-state index < -0.39 is 0 Å². The molecule has 4 heteroatoms. The number of methoxy groups -OCH3 is 1. The Hall–Kier alpha value is -0.970. The number of ether oxygens (including phenoxy) is 1. The number of nitrogens with one attached hydrogen (secondary N) is 1. The van der Waals surface area contributed by atoms with Crippen LogP contribution < -0.4 is 5.32 Å². The minimum Gasteiger partial charge on any atom is -0.385 e. The fourth-order valence-corrected chi connectivity index (χ4v) is 2.64. The van der Waals surface area contributed by atoms with Crippen molar-refractivity contribution in [2.24, 2.45) is 5.92 Å². The van der Waals surface area contributed by atoms with Gasteiger partial charge in [0.15, 0.2) is 0 Å². The number of halogens is 1. The molecule has 3 nitrogen and oxygen atoms in total. The summed E-state index contributed by atoms with van der Waals surface area (Å²) in [6.45, 7) is 4.84. The molecule has 1 rings (SSSR count). The molecule has 0 heterocycles. The van der Waals surface area contributed by atoms with Crippen molar-refractivity contribution in [2.45, 2.75) is 19.4 Å². The minimum absolute atomic E-state index is 0.0288. The molecule has 0 spiro atoms. The zero-order valence-electron chi connectivity index (χ0n) is 13.0. The van der Waals surface area contributed by atoms with Crippen LogP contribution in [0.5, 0.6) is 0 Å². The quantitative estimate of drug-likeness (QED) is 0.705. The predicted octanol–water partition coefficient (Wildman–Crippen LogP) is 2.69. The van der Waals surface area contributed by atoms with Gasteiger partial charge in [-0.05, 0) is 32.5 Å². The van der Waals surface area contributed by atoms with E-state index in [9.17, 15) is 4.39 Å². The van der Waals surface area contributed by atoms with Crippen LogP contribution in [0.4, 0.5) is 4.39 Å². The third kappa shape index (κ3) is 5.19. The van der Waals surface area contributed by atoms with Crippen LogP contribution in [0.3, 0.4) is 0 Å². The van der Waals surface area contributed by atoms with Crippen molar-refractivity contribution in [1.29, 1.82) is 0 Å². The van der Waals surface area contributed by atoms with Gasteiger partial charge in [0.05, 0.1) is 0 Å². The minimum atomic E-state index is -0.138. The molecule has 0 amide bonds. The molecule has 2 unspecified atom stereocenters. The second-order valence-corrected chi connectivity index (χ2v) is 5.37. The summed E-state index contributed by atoms with van der Waals surface area (Å²) in [7, 11) is 5.70. The Morgan fingerprint density at radius 2 is 2.05 bits per heavy atom. The first kappa shape index (κ1) is 17.1. The monoisotopic (exact) mass is 282 g/mol. The molecular formula is C16H27FN2O. The molecular weight excluding hydrogens is 255 g/mol. The van der Waals surface area contributed by atoms with E-state index in [1.807, 2.05) is 19.2 Å². The second-order valence-electron chi connectivity index (χ2n) is 5.37. The van der Waals surface area contributed by atoms with Gasteiger partial charge >= 0.3 is 0 Å². The van der Waals surface area contributed by atoms with Crippen molar-refractivity contribution in [2.75, 3.05) is 40.9 Å². The molecule has 0 aromatic heterocycles. The van der Waals surface area contributed by atoms with Gasteiger partial charge in [-0.3, -0.25) is 0 Å². The lowest BCUT2D eigenvalue weighted by molar-refractivity contribution is 0.171. The van der Waals surface area contributed by atoms with Gasteiger partial charge in [0.1, 0.15) is 5.82 Å². The van der Waals surface area contributed by atoms with Crippen molar-refractivity contribution in [3.8, 4) is 0 Å². The van der Waals surface area contributed by atoms with Gasteiger partial charge in [-0.15, -0.1) is 0 Å². The lowest BCUT2D eigenvalue weighted by Gasteiger charge is -2.28. The summed E-state index contributed by atoms with van der Waals surface area (Å²) < 4.78 is 19.0.